The number of hydrogen-bond acceptors (Lipinski definition) is 10. The van der Waals surface area contributed by atoms with Crippen LogP contribution in [0.4, 0.5) is 0 Å². The Morgan fingerprint density at radius 3 is 1.87 bits per heavy atom. The number of piperidine rings is 1. The summed E-state index contributed by atoms with van der Waals surface area (Å²) in [6.45, 7) is 3.74. The predicted molar refractivity (Wildman–Crippen MR) is 175 cm³/mol. The first kappa shape index (κ1) is 33.4. The zero-order chi connectivity index (χ0) is 31.7. The van der Waals surface area contributed by atoms with Gasteiger partial charge in [0.25, 0.3) is 11.8 Å². The number of nitrogens with zero attached hydrogens (tertiary/aromatic N) is 3. The van der Waals surface area contributed by atoms with Crippen molar-refractivity contribution >= 4 is 12.2 Å². The molecular weight excluding hydrogens is 600 g/mol. The molecule has 1 fully saturated rings. The van der Waals surface area contributed by atoms with Crippen LogP contribution in [0.2, 0.25) is 0 Å². The number of rotatable bonds is 8. The van der Waals surface area contributed by atoms with Crippen molar-refractivity contribution in [3.63, 3.8) is 0 Å². The van der Waals surface area contributed by atoms with Gasteiger partial charge in [0.15, 0.2) is 23.7 Å². The number of ether oxygens (including phenoxy) is 5. The summed E-state index contributed by atoms with van der Waals surface area (Å²) in [5, 5.41) is 0. The fraction of sp³-hybridized carbons (Fsp3) is 0.333. The van der Waals surface area contributed by atoms with Crippen molar-refractivity contribution in [3.8, 4) is 23.3 Å². The molecule has 0 spiro atoms. The third kappa shape index (κ3) is 8.84. The van der Waals surface area contributed by atoms with Crippen LogP contribution in [0.5, 0.6) is 23.3 Å². The molecule has 3 aliphatic rings. The van der Waals surface area contributed by atoms with Crippen LogP contribution in [0.25, 0.3) is 0 Å². The Labute approximate surface area is 274 Å². The van der Waals surface area contributed by atoms with Gasteiger partial charge < -0.3 is 29.4 Å². The fourth-order valence-corrected chi connectivity index (χ4v) is 5.47. The number of aldehydes is 1. The van der Waals surface area contributed by atoms with Crippen molar-refractivity contribution in [3.05, 3.63) is 107 Å². The average Bonchev–Trinajstić information content (AvgIpc) is 3.11. The molecule has 3 aliphatic heterocycles. The van der Waals surface area contributed by atoms with Crippen molar-refractivity contribution in [1.29, 1.82) is 0 Å². The predicted octanol–water partition coefficient (Wildman–Crippen LogP) is 5.10. The van der Waals surface area contributed by atoms with E-state index in [1.165, 1.54) is 5.56 Å². The molecule has 1 saturated heterocycles. The number of pyridine rings is 2. The lowest BCUT2D eigenvalue weighted by atomic mass is 10.0. The first-order valence-electron chi connectivity index (χ1n) is 15.3. The molecule has 0 bridgehead atoms. The molecule has 11 heteroatoms. The van der Waals surface area contributed by atoms with E-state index in [1.807, 2.05) is 30.3 Å². The summed E-state index contributed by atoms with van der Waals surface area (Å²) in [6.07, 6.45) is 5.83. The second-order valence-electron chi connectivity index (χ2n) is 11.2. The van der Waals surface area contributed by atoms with E-state index >= 15 is 0 Å². The SMILES string of the molecule is C.NC(=O)COC1CCN(Cc2ccc([C@H]3COc4cccnc4O3)cc2)CC1.O=Cc1ccc([C@H]2COc3cccnc3O2)cc1. The van der Waals surface area contributed by atoms with E-state index < -0.39 is 5.91 Å². The summed E-state index contributed by atoms with van der Waals surface area (Å²) in [5.41, 5.74) is 9.09. The summed E-state index contributed by atoms with van der Waals surface area (Å²) in [5.74, 6) is 2.00. The van der Waals surface area contributed by atoms with Crippen molar-refractivity contribution in [1.82, 2.24) is 14.9 Å². The Morgan fingerprint density at radius 2 is 1.36 bits per heavy atom. The van der Waals surface area contributed by atoms with Crippen LogP contribution in [-0.2, 0) is 16.1 Å². The monoisotopic (exact) mass is 640 g/mol. The number of carbonyl (C=O) groups is 2. The maximum absolute atomic E-state index is 10.8. The highest BCUT2D eigenvalue weighted by Gasteiger charge is 2.25. The molecule has 7 rings (SSSR count). The lowest BCUT2D eigenvalue weighted by molar-refractivity contribution is -0.125. The lowest BCUT2D eigenvalue weighted by Gasteiger charge is -2.31. The number of carbonyl (C=O) groups excluding carboxylic acids is 2. The zero-order valence-electron chi connectivity index (χ0n) is 25.3. The highest BCUT2D eigenvalue weighted by molar-refractivity contribution is 5.75. The van der Waals surface area contributed by atoms with Gasteiger partial charge in [0, 0.05) is 37.6 Å². The van der Waals surface area contributed by atoms with Crippen molar-refractivity contribution in [2.45, 2.75) is 45.1 Å². The molecular formula is C36H40N4O7. The smallest absolute Gasteiger partial charge is 0.257 e. The number of aromatic nitrogens is 2. The quantitative estimate of drug-likeness (QED) is 0.259. The Bertz CT molecular complexity index is 1610. The molecule has 2 atom stereocenters. The van der Waals surface area contributed by atoms with Gasteiger partial charge in [-0.05, 0) is 53.8 Å². The molecule has 4 aromatic rings. The van der Waals surface area contributed by atoms with Gasteiger partial charge in [0.1, 0.15) is 26.1 Å². The third-order valence-corrected chi connectivity index (χ3v) is 7.96. The van der Waals surface area contributed by atoms with Crippen molar-refractivity contribution in [2.75, 3.05) is 32.9 Å². The summed E-state index contributed by atoms with van der Waals surface area (Å²) in [6, 6.07) is 23.1. The third-order valence-electron chi connectivity index (χ3n) is 7.96. The minimum atomic E-state index is -0.408. The van der Waals surface area contributed by atoms with E-state index in [0.29, 0.717) is 42.0 Å². The molecule has 0 saturated carbocycles. The van der Waals surface area contributed by atoms with E-state index in [9.17, 15) is 9.59 Å². The first-order valence-corrected chi connectivity index (χ1v) is 15.3. The maximum atomic E-state index is 10.8. The molecule has 0 unspecified atom stereocenters. The van der Waals surface area contributed by atoms with E-state index in [-0.39, 0.29) is 32.3 Å². The maximum Gasteiger partial charge on any atom is 0.257 e. The molecule has 246 valence electrons. The number of likely N-dealkylation sites (tertiary alicyclic amines) is 1. The Hall–Kier alpha value is -5.00. The average molecular weight is 641 g/mol. The lowest BCUT2D eigenvalue weighted by Crippen LogP contribution is -2.37. The summed E-state index contributed by atoms with van der Waals surface area (Å²) in [7, 11) is 0. The van der Waals surface area contributed by atoms with Crippen LogP contribution in [0.15, 0.2) is 85.2 Å². The molecule has 0 aliphatic carbocycles. The Kier molecular flexibility index (Phi) is 11.4. The number of hydrogen-bond donors (Lipinski definition) is 1. The van der Waals surface area contributed by atoms with Gasteiger partial charge in [0.05, 0.1) is 6.10 Å². The van der Waals surface area contributed by atoms with Gasteiger partial charge in [-0.15, -0.1) is 0 Å². The number of nitrogens with two attached hydrogens (primary N) is 1. The van der Waals surface area contributed by atoms with E-state index in [4.69, 9.17) is 29.4 Å². The summed E-state index contributed by atoms with van der Waals surface area (Å²) >= 11 is 0. The van der Waals surface area contributed by atoms with Gasteiger partial charge in [-0.1, -0.05) is 56.0 Å². The fourth-order valence-electron chi connectivity index (χ4n) is 5.47. The first-order chi connectivity index (χ1) is 22.5. The minimum Gasteiger partial charge on any atom is -0.484 e. The van der Waals surface area contributed by atoms with Gasteiger partial charge >= 0.3 is 0 Å². The number of fused-ring (bicyclic) bond motifs is 2. The topological polar surface area (TPSA) is 135 Å². The van der Waals surface area contributed by atoms with Gasteiger partial charge in [-0.25, -0.2) is 9.97 Å². The van der Waals surface area contributed by atoms with Crippen molar-refractivity contribution < 1.29 is 33.3 Å². The normalized spacial score (nSPS) is 18.6. The summed E-state index contributed by atoms with van der Waals surface area (Å²) < 4.78 is 28.6. The second kappa shape index (κ2) is 16.0. The summed E-state index contributed by atoms with van der Waals surface area (Å²) in [4.78, 5) is 32.2. The van der Waals surface area contributed by atoms with E-state index in [2.05, 4.69) is 39.1 Å². The minimum absolute atomic E-state index is 0. The van der Waals surface area contributed by atoms with Crippen LogP contribution >= 0.6 is 0 Å². The van der Waals surface area contributed by atoms with Crippen LogP contribution < -0.4 is 24.7 Å². The van der Waals surface area contributed by atoms with Crippen LogP contribution in [0.1, 0.15) is 59.5 Å². The van der Waals surface area contributed by atoms with Crippen LogP contribution in [0, 0.1) is 0 Å². The Balaban J connectivity index is 0.000000197. The van der Waals surface area contributed by atoms with E-state index in [1.54, 1.807) is 30.6 Å². The van der Waals surface area contributed by atoms with Gasteiger partial charge in [-0.3, -0.25) is 14.5 Å². The largest absolute Gasteiger partial charge is 0.484 e. The second-order valence-corrected chi connectivity index (χ2v) is 11.2. The molecule has 2 N–H and O–H groups in total. The molecule has 47 heavy (non-hydrogen) atoms. The number of amides is 1. The highest BCUT2D eigenvalue weighted by Crippen LogP contribution is 2.35. The molecule has 2 aromatic carbocycles. The molecule has 11 nitrogen and oxygen atoms in total. The molecule has 5 heterocycles. The van der Waals surface area contributed by atoms with Crippen LogP contribution in [0.3, 0.4) is 0 Å². The number of primary amides is 1. The van der Waals surface area contributed by atoms with E-state index in [0.717, 1.165) is 49.9 Å². The molecule has 1 amide bonds. The zero-order valence-corrected chi connectivity index (χ0v) is 25.3. The van der Waals surface area contributed by atoms with Crippen LogP contribution in [-0.4, -0.2) is 66.1 Å². The van der Waals surface area contributed by atoms with Gasteiger partial charge in [-0.2, -0.15) is 0 Å². The van der Waals surface area contributed by atoms with Gasteiger partial charge in [0.2, 0.25) is 5.91 Å². The molecule has 0 radical (unpaired) electrons. The highest BCUT2D eigenvalue weighted by atomic mass is 16.6. The Morgan fingerprint density at radius 1 is 0.830 bits per heavy atom. The number of benzene rings is 2. The molecule has 2 aromatic heterocycles. The van der Waals surface area contributed by atoms with Crippen molar-refractivity contribution in [2.24, 2.45) is 5.73 Å². The standard InChI is InChI=1S/C21H25N3O4.C14H11NO3.CH4/c22-20(25)14-26-17-7-10-24(11-8-17)12-15-3-5-16(6-4-15)19-13-27-18-2-1-9-23-21(18)28-19;16-8-10-3-5-11(6-4-10)13-9-17-12-2-1-7-15-14(12)18-13;/h1-6,9,17,19H,7-8,10-14H2,(H2,22,25);1-8,13H,9H2;1H4/t19-;13-;/m11./s1.